The van der Waals surface area contributed by atoms with Gasteiger partial charge in [-0.25, -0.2) is 13.2 Å². The first kappa shape index (κ1) is 16.4. The number of amides is 1. The van der Waals surface area contributed by atoms with Crippen LogP contribution < -0.4 is 10.6 Å². The number of carbonyl (C=O) groups excluding carboxylic acids is 2. The Kier molecular flexibility index (Phi) is 5.15. The minimum Gasteiger partial charge on any atom is -0.465 e. The van der Waals surface area contributed by atoms with Crippen molar-refractivity contribution in [2.45, 2.75) is 12.5 Å². The van der Waals surface area contributed by atoms with Crippen molar-refractivity contribution in [3.8, 4) is 0 Å². The molecule has 0 bridgehead atoms. The molecule has 2 rings (SSSR count). The molecule has 1 fully saturated rings. The highest BCUT2D eigenvalue weighted by Crippen LogP contribution is 2.16. The Hall–Kier alpha value is -1.93. The fraction of sp³-hybridized carbons (Fsp3) is 0.429. The predicted molar refractivity (Wildman–Crippen MR) is 81.5 cm³/mol. The van der Waals surface area contributed by atoms with E-state index in [1.807, 2.05) is 0 Å². The van der Waals surface area contributed by atoms with Crippen molar-refractivity contribution in [1.29, 1.82) is 0 Å². The second-order valence-electron chi connectivity index (χ2n) is 5.07. The molecule has 1 unspecified atom stereocenters. The van der Waals surface area contributed by atoms with Gasteiger partial charge in [0.25, 0.3) is 0 Å². The van der Waals surface area contributed by atoms with Crippen LogP contribution in [-0.2, 0) is 19.4 Å². The van der Waals surface area contributed by atoms with Gasteiger partial charge in [0.05, 0.1) is 36.4 Å². The van der Waals surface area contributed by atoms with Crippen molar-refractivity contribution in [2.24, 2.45) is 0 Å². The molecule has 1 aliphatic rings. The zero-order valence-corrected chi connectivity index (χ0v) is 13.0. The number of methoxy groups -OCH3 is 1. The molecule has 0 aliphatic carbocycles. The molecule has 1 saturated heterocycles. The first-order valence-corrected chi connectivity index (χ1v) is 8.64. The van der Waals surface area contributed by atoms with E-state index in [0.29, 0.717) is 12.1 Å². The van der Waals surface area contributed by atoms with Gasteiger partial charge in [0.2, 0.25) is 5.91 Å². The standard InChI is InChI=1S/C14H18N2O5S/c1-21-14(18)11-4-2-3-5-12(11)16-13(17)8-15-10-6-7-22(19,20)9-10/h2-5,10,15H,6-9H2,1H3,(H,16,17). The lowest BCUT2D eigenvalue weighted by atomic mass is 10.2. The molecule has 8 heteroatoms. The smallest absolute Gasteiger partial charge is 0.339 e. The molecule has 1 atom stereocenters. The van der Waals surface area contributed by atoms with Crippen molar-refractivity contribution in [1.82, 2.24) is 5.32 Å². The van der Waals surface area contributed by atoms with Gasteiger partial charge in [0, 0.05) is 6.04 Å². The van der Waals surface area contributed by atoms with Crippen LogP contribution in [0.5, 0.6) is 0 Å². The average Bonchev–Trinajstić information content (AvgIpc) is 2.84. The molecule has 0 spiro atoms. The highest BCUT2D eigenvalue weighted by molar-refractivity contribution is 7.91. The van der Waals surface area contributed by atoms with Crippen LogP contribution in [0.1, 0.15) is 16.8 Å². The molecule has 1 amide bonds. The Labute approximate surface area is 129 Å². The lowest BCUT2D eigenvalue weighted by Gasteiger charge is -2.12. The van der Waals surface area contributed by atoms with E-state index in [9.17, 15) is 18.0 Å². The Morgan fingerprint density at radius 2 is 2.05 bits per heavy atom. The minimum absolute atomic E-state index is 0.0182. The maximum absolute atomic E-state index is 11.9. The van der Waals surface area contributed by atoms with E-state index in [2.05, 4.69) is 15.4 Å². The number of hydrogen-bond donors (Lipinski definition) is 2. The molecule has 1 aromatic rings. The fourth-order valence-electron chi connectivity index (χ4n) is 2.27. The first-order chi connectivity index (χ1) is 10.4. The van der Waals surface area contributed by atoms with Crippen molar-refractivity contribution in [2.75, 3.05) is 30.5 Å². The quantitative estimate of drug-likeness (QED) is 0.749. The van der Waals surface area contributed by atoms with Gasteiger partial charge in [-0.05, 0) is 18.6 Å². The second-order valence-corrected chi connectivity index (χ2v) is 7.29. The van der Waals surface area contributed by atoms with Crippen molar-refractivity contribution >= 4 is 27.4 Å². The van der Waals surface area contributed by atoms with Gasteiger partial charge in [-0.3, -0.25) is 4.79 Å². The van der Waals surface area contributed by atoms with Crippen LogP contribution in [0.15, 0.2) is 24.3 Å². The maximum atomic E-state index is 11.9. The van der Waals surface area contributed by atoms with E-state index < -0.39 is 15.8 Å². The molecule has 0 radical (unpaired) electrons. The Morgan fingerprint density at radius 3 is 2.68 bits per heavy atom. The molecule has 1 heterocycles. The van der Waals surface area contributed by atoms with Crippen LogP contribution in [0.25, 0.3) is 0 Å². The van der Waals surface area contributed by atoms with Gasteiger partial charge in [-0.2, -0.15) is 0 Å². The van der Waals surface area contributed by atoms with E-state index in [-0.39, 0.29) is 35.6 Å². The maximum Gasteiger partial charge on any atom is 0.339 e. The van der Waals surface area contributed by atoms with E-state index in [4.69, 9.17) is 0 Å². The third-order valence-electron chi connectivity index (χ3n) is 3.39. The van der Waals surface area contributed by atoms with Gasteiger partial charge in [-0.1, -0.05) is 12.1 Å². The summed E-state index contributed by atoms with van der Waals surface area (Å²) in [5.41, 5.74) is 0.627. The highest BCUT2D eigenvalue weighted by atomic mass is 32.2. The lowest BCUT2D eigenvalue weighted by Crippen LogP contribution is -2.37. The number of anilines is 1. The summed E-state index contributed by atoms with van der Waals surface area (Å²) >= 11 is 0. The Bertz CT molecular complexity index is 672. The molecule has 22 heavy (non-hydrogen) atoms. The summed E-state index contributed by atoms with van der Waals surface area (Å²) in [7, 11) is -1.71. The Morgan fingerprint density at radius 1 is 1.32 bits per heavy atom. The summed E-state index contributed by atoms with van der Waals surface area (Å²) in [6.45, 7) is -0.0182. The van der Waals surface area contributed by atoms with Gasteiger partial charge in [0.1, 0.15) is 0 Å². The van der Waals surface area contributed by atoms with Crippen molar-refractivity contribution < 1.29 is 22.7 Å². The summed E-state index contributed by atoms with van der Waals surface area (Å²) in [4.78, 5) is 23.5. The topological polar surface area (TPSA) is 102 Å². The van der Waals surface area contributed by atoms with Crippen LogP contribution in [0.2, 0.25) is 0 Å². The molecule has 1 aromatic carbocycles. The van der Waals surface area contributed by atoms with Crippen LogP contribution in [0.4, 0.5) is 5.69 Å². The highest BCUT2D eigenvalue weighted by Gasteiger charge is 2.27. The van der Waals surface area contributed by atoms with Crippen LogP contribution in [0, 0.1) is 0 Å². The molecule has 1 aliphatic heterocycles. The molecular formula is C14H18N2O5S. The third-order valence-corrected chi connectivity index (χ3v) is 5.16. The van der Waals surface area contributed by atoms with Crippen LogP contribution in [0.3, 0.4) is 0 Å². The number of nitrogens with one attached hydrogen (secondary N) is 2. The second kappa shape index (κ2) is 6.89. The fourth-order valence-corrected chi connectivity index (χ4v) is 3.98. The van der Waals surface area contributed by atoms with Crippen LogP contribution >= 0.6 is 0 Å². The number of ether oxygens (including phenoxy) is 1. The van der Waals surface area contributed by atoms with E-state index in [0.717, 1.165) is 0 Å². The van der Waals surface area contributed by atoms with Crippen molar-refractivity contribution in [3.63, 3.8) is 0 Å². The summed E-state index contributed by atoms with van der Waals surface area (Å²) < 4.78 is 27.3. The minimum atomic E-state index is -2.98. The number of rotatable bonds is 5. The third kappa shape index (κ3) is 4.28. The molecule has 0 aromatic heterocycles. The SMILES string of the molecule is COC(=O)c1ccccc1NC(=O)CNC1CCS(=O)(=O)C1. The summed E-state index contributed by atoms with van der Waals surface area (Å²) in [6.07, 6.45) is 0.508. The number of sulfone groups is 1. The predicted octanol–water partition coefficient (Wildman–Crippen LogP) is 0.188. The van der Waals surface area contributed by atoms with Crippen molar-refractivity contribution in [3.05, 3.63) is 29.8 Å². The number of carbonyl (C=O) groups is 2. The van der Waals surface area contributed by atoms with Gasteiger partial charge < -0.3 is 15.4 Å². The number of benzene rings is 1. The zero-order chi connectivity index (χ0) is 16.2. The molecule has 2 N–H and O–H groups in total. The monoisotopic (exact) mass is 326 g/mol. The zero-order valence-electron chi connectivity index (χ0n) is 12.2. The van der Waals surface area contributed by atoms with E-state index >= 15 is 0 Å². The number of hydrogen-bond acceptors (Lipinski definition) is 6. The van der Waals surface area contributed by atoms with Gasteiger partial charge in [0.15, 0.2) is 9.84 Å². The van der Waals surface area contributed by atoms with Crippen LogP contribution in [-0.4, -0.2) is 51.5 Å². The number of esters is 1. The van der Waals surface area contributed by atoms with E-state index in [1.165, 1.54) is 7.11 Å². The Balaban J connectivity index is 1.91. The molecule has 7 nitrogen and oxygen atoms in total. The molecular weight excluding hydrogens is 308 g/mol. The number of para-hydroxylation sites is 1. The summed E-state index contributed by atoms with van der Waals surface area (Å²) in [6, 6.07) is 6.32. The van der Waals surface area contributed by atoms with Gasteiger partial charge in [-0.15, -0.1) is 0 Å². The molecule has 120 valence electrons. The van der Waals surface area contributed by atoms with E-state index in [1.54, 1.807) is 24.3 Å². The average molecular weight is 326 g/mol. The summed E-state index contributed by atoms with van der Waals surface area (Å²) in [5, 5.41) is 5.53. The first-order valence-electron chi connectivity index (χ1n) is 6.82. The normalized spacial score (nSPS) is 19.6. The largest absolute Gasteiger partial charge is 0.465 e. The lowest BCUT2D eigenvalue weighted by molar-refractivity contribution is -0.115. The summed E-state index contributed by atoms with van der Waals surface area (Å²) in [5.74, 6) is -0.678. The molecule has 0 saturated carbocycles. The van der Waals surface area contributed by atoms with Gasteiger partial charge >= 0.3 is 5.97 Å².